The van der Waals surface area contributed by atoms with Gasteiger partial charge < -0.3 is 10.4 Å². The number of rotatable bonds is 5. The Bertz CT molecular complexity index is 616. The van der Waals surface area contributed by atoms with E-state index in [9.17, 15) is 9.59 Å². The zero-order valence-electron chi connectivity index (χ0n) is 11.1. The molecule has 0 aliphatic heterocycles. The van der Waals surface area contributed by atoms with Gasteiger partial charge in [0, 0.05) is 6.54 Å². The molecule has 2 N–H and O–H groups in total. The van der Waals surface area contributed by atoms with Gasteiger partial charge in [0.15, 0.2) is 0 Å². The number of carbonyl (C=O) groups is 2. The van der Waals surface area contributed by atoms with Crippen LogP contribution in [0, 0.1) is 0 Å². The van der Waals surface area contributed by atoms with Gasteiger partial charge in [-0.1, -0.05) is 19.1 Å². The van der Waals surface area contributed by atoms with Crippen LogP contribution in [0.3, 0.4) is 0 Å². The van der Waals surface area contributed by atoms with E-state index in [4.69, 9.17) is 5.11 Å². The van der Waals surface area contributed by atoms with Crippen molar-refractivity contribution in [2.75, 3.05) is 0 Å². The van der Waals surface area contributed by atoms with Crippen LogP contribution in [-0.2, 0) is 13.0 Å². The molecule has 1 amide bonds. The highest BCUT2D eigenvalue weighted by atomic mass is 32.1. The summed E-state index contributed by atoms with van der Waals surface area (Å²) in [5, 5.41) is 13.6. The molecule has 1 heterocycles. The molecule has 0 atom stereocenters. The molecule has 104 valence electrons. The second kappa shape index (κ2) is 6.34. The Labute approximate surface area is 121 Å². The maximum atomic E-state index is 12.0. The number of hydrogen-bond acceptors (Lipinski definition) is 3. The largest absolute Gasteiger partial charge is 0.478 e. The van der Waals surface area contributed by atoms with Crippen molar-refractivity contribution < 1.29 is 14.7 Å². The van der Waals surface area contributed by atoms with Crippen molar-refractivity contribution in [1.82, 2.24) is 5.32 Å². The van der Waals surface area contributed by atoms with Gasteiger partial charge in [-0.15, -0.1) is 11.3 Å². The van der Waals surface area contributed by atoms with Crippen molar-refractivity contribution >= 4 is 23.2 Å². The zero-order valence-corrected chi connectivity index (χ0v) is 11.9. The molecule has 0 spiro atoms. The fourth-order valence-corrected chi connectivity index (χ4v) is 2.75. The molecule has 4 nitrogen and oxygen atoms in total. The van der Waals surface area contributed by atoms with Crippen molar-refractivity contribution in [2.24, 2.45) is 0 Å². The van der Waals surface area contributed by atoms with Gasteiger partial charge in [0.2, 0.25) is 0 Å². The Hall–Kier alpha value is -2.14. The molecule has 1 aromatic heterocycles. The quantitative estimate of drug-likeness (QED) is 0.889. The minimum absolute atomic E-state index is 0.0841. The van der Waals surface area contributed by atoms with Crippen LogP contribution < -0.4 is 5.32 Å². The molecule has 0 saturated heterocycles. The minimum Gasteiger partial charge on any atom is -0.478 e. The summed E-state index contributed by atoms with van der Waals surface area (Å²) in [4.78, 5) is 23.5. The second-order valence-corrected chi connectivity index (χ2v) is 5.23. The fourth-order valence-electron chi connectivity index (χ4n) is 1.84. The first-order valence-corrected chi connectivity index (χ1v) is 7.16. The molecule has 0 aliphatic rings. The first kappa shape index (κ1) is 14.3. The number of amides is 1. The molecule has 0 fully saturated rings. The normalized spacial score (nSPS) is 10.2. The first-order chi connectivity index (χ1) is 9.61. The third kappa shape index (κ3) is 3.24. The maximum absolute atomic E-state index is 12.0. The molecule has 0 aliphatic carbocycles. The number of benzene rings is 1. The Balaban J connectivity index is 1.98. The molecule has 0 radical (unpaired) electrons. The standard InChI is InChI=1S/C15H15NO3S/c1-2-11-7-8-20-13(11)14(17)16-9-10-3-5-12(6-4-10)15(18)19/h3-8H,2,9H2,1H3,(H,16,17)(H,18,19). The number of nitrogens with one attached hydrogen (secondary N) is 1. The van der Waals surface area contributed by atoms with E-state index in [0.29, 0.717) is 6.54 Å². The van der Waals surface area contributed by atoms with Gasteiger partial charge in [-0.2, -0.15) is 0 Å². The predicted molar refractivity (Wildman–Crippen MR) is 78.3 cm³/mol. The summed E-state index contributed by atoms with van der Waals surface area (Å²) in [5.74, 6) is -1.04. The highest BCUT2D eigenvalue weighted by molar-refractivity contribution is 7.12. The van der Waals surface area contributed by atoms with Gasteiger partial charge in [-0.3, -0.25) is 4.79 Å². The predicted octanol–water partition coefficient (Wildman–Crippen LogP) is 2.94. The summed E-state index contributed by atoms with van der Waals surface area (Å²) in [7, 11) is 0. The maximum Gasteiger partial charge on any atom is 0.335 e. The number of carboxylic acids is 1. The van der Waals surface area contributed by atoms with Crippen LogP contribution in [0.5, 0.6) is 0 Å². The summed E-state index contributed by atoms with van der Waals surface area (Å²) in [6, 6.07) is 8.44. The number of hydrogen-bond donors (Lipinski definition) is 2. The van der Waals surface area contributed by atoms with Gasteiger partial charge in [0.1, 0.15) is 0 Å². The number of aromatic carboxylic acids is 1. The number of carbonyl (C=O) groups excluding carboxylic acids is 1. The Morgan fingerprint density at radius 1 is 1.20 bits per heavy atom. The fraction of sp³-hybridized carbons (Fsp3) is 0.200. The van der Waals surface area contributed by atoms with Crippen LogP contribution in [0.1, 0.15) is 38.1 Å². The van der Waals surface area contributed by atoms with Crippen LogP contribution >= 0.6 is 11.3 Å². The zero-order chi connectivity index (χ0) is 14.5. The Morgan fingerprint density at radius 2 is 1.90 bits per heavy atom. The SMILES string of the molecule is CCc1ccsc1C(=O)NCc1ccc(C(=O)O)cc1. The Morgan fingerprint density at radius 3 is 2.50 bits per heavy atom. The van der Waals surface area contributed by atoms with Crippen molar-refractivity contribution in [1.29, 1.82) is 0 Å². The lowest BCUT2D eigenvalue weighted by atomic mass is 10.1. The number of aryl methyl sites for hydroxylation is 1. The van der Waals surface area contributed by atoms with Gasteiger partial charge in [-0.05, 0) is 41.1 Å². The molecule has 1 aromatic carbocycles. The van der Waals surface area contributed by atoms with Crippen molar-refractivity contribution in [3.05, 3.63) is 57.3 Å². The van der Waals surface area contributed by atoms with E-state index in [-0.39, 0.29) is 11.5 Å². The van der Waals surface area contributed by atoms with E-state index in [1.165, 1.54) is 23.5 Å². The smallest absolute Gasteiger partial charge is 0.335 e. The van der Waals surface area contributed by atoms with Crippen molar-refractivity contribution in [3.8, 4) is 0 Å². The molecule has 2 rings (SSSR count). The summed E-state index contributed by atoms with van der Waals surface area (Å²) in [6.45, 7) is 2.41. The Kier molecular flexibility index (Phi) is 4.53. The lowest BCUT2D eigenvalue weighted by Gasteiger charge is -2.06. The monoisotopic (exact) mass is 289 g/mol. The lowest BCUT2D eigenvalue weighted by molar-refractivity contribution is 0.0696. The minimum atomic E-state index is -0.952. The van der Waals surface area contributed by atoms with E-state index in [0.717, 1.165) is 22.4 Å². The number of thiophene rings is 1. The van der Waals surface area contributed by atoms with Crippen molar-refractivity contribution in [3.63, 3.8) is 0 Å². The lowest BCUT2D eigenvalue weighted by Crippen LogP contribution is -2.22. The summed E-state index contributed by atoms with van der Waals surface area (Å²) in [5.41, 5.74) is 2.17. The van der Waals surface area contributed by atoms with E-state index in [1.807, 2.05) is 18.4 Å². The van der Waals surface area contributed by atoms with Gasteiger partial charge in [0.25, 0.3) is 5.91 Å². The first-order valence-electron chi connectivity index (χ1n) is 6.28. The molecule has 20 heavy (non-hydrogen) atoms. The van der Waals surface area contributed by atoms with Gasteiger partial charge >= 0.3 is 5.97 Å². The van der Waals surface area contributed by atoms with Gasteiger partial charge in [-0.25, -0.2) is 4.79 Å². The third-order valence-corrected chi connectivity index (χ3v) is 3.94. The molecular formula is C15H15NO3S. The highest BCUT2D eigenvalue weighted by Crippen LogP contribution is 2.17. The van der Waals surface area contributed by atoms with Crippen LogP contribution in [0.4, 0.5) is 0 Å². The van der Waals surface area contributed by atoms with Gasteiger partial charge in [0.05, 0.1) is 10.4 Å². The van der Waals surface area contributed by atoms with Crippen LogP contribution in [-0.4, -0.2) is 17.0 Å². The van der Waals surface area contributed by atoms with E-state index in [2.05, 4.69) is 5.32 Å². The molecule has 0 bridgehead atoms. The molecular weight excluding hydrogens is 274 g/mol. The number of carboxylic acid groups (broad SMARTS) is 1. The molecule has 2 aromatic rings. The summed E-state index contributed by atoms with van der Waals surface area (Å²) >= 11 is 1.43. The van der Waals surface area contributed by atoms with Crippen LogP contribution in [0.15, 0.2) is 35.7 Å². The third-order valence-electron chi connectivity index (χ3n) is 2.99. The summed E-state index contributed by atoms with van der Waals surface area (Å²) < 4.78 is 0. The highest BCUT2D eigenvalue weighted by Gasteiger charge is 2.11. The molecule has 0 unspecified atom stereocenters. The molecule has 0 saturated carbocycles. The average molecular weight is 289 g/mol. The van der Waals surface area contributed by atoms with Crippen LogP contribution in [0.25, 0.3) is 0 Å². The summed E-state index contributed by atoms with van der Waals surface area (Å²) in [6.07, 6.45) is 0.833. The average Bonchev–Trinajstić information content (AvgIpc) is 2.93. The second-order valence-electron chi connectivity index (χ2n) is 4.31. The molecule has 5 heteroatoms. The van der Waals surface area contributed by atoms with Crippen molar-refractivity contribution in [2.45, 2.75) is 19.9 Å². The topological polar surface area (TPSA) is 66.4 Å². The van der Waals surface area contributed by atoms with E-state index in [1.54, 1.807) is 12.1 Å². The van der Waals surface area contributed by atoms with Crippen LogP contribution in [0.2, 0.25) is 0 Å². The van der Waals surface area contributed by atoms with E-state index < -0.39 is 5.97 Å². The van der Waals surface area contributed by atoms with E-state index >= 15 is 0 Å².